The van der Waals surface area contributed by atoms with Crippen LogP contribution in [0.15, 0.2) is 11.5 Å². The molecular formula is C59H81N5O37. The molecule has 5 saturated heterocycles. The van der Waals surface area contributed by atoms with Gasteiger partial charge >= 0.3 is 59.8 Å². The summed E-state index contributed by atoms with van der Waals surface area (Å²) in [6.07, 6.45) is -47.7. The lowest BCUT2D eigenvalue weighted by Crippen LogP contribution is -2.73. The first-order chi connectivity index (χ1) is 47.1. The average Bonchev–Trinajstić information content (AvgIpc) is 1.04. The fraction of sp³-hybridized carbons (Fsp3) is 0.712. The molecule has 0 unspecified atom stereocenters. The van der Waals surface area contributed by atoms with E-state index in [1.807, 2.05) is 0 Å². The second kappa shape index (κ2) is 34.7. The van der Waals surface area contributed by atoms with E-state index < -0.39 is 267 Å². The molecule has 6 rings (SSSR count). The molecule has 0 radical (unpaired) electrons. The topological polar surface area (TPSA) is 580 Å². The summed E-state index contributed by atoms with van der Waals surface area (Å²) in [4.78, 5) is 196. The number of rotatable bonds is 25. The first kappa shape index (κ1) is 81.1. The van der Waals surface area contributed by atoms with E-state index in [0.29, 0.717) is 0 Å². The Morgan fingerprint density at radius 3 is 1.39 bits per heavy atom. The standard InChI is InChI=1S/C59H81N5O37/c1-18-37(96-57-47(93-29(12)75)44(91-27(10)73)43(90-26(9)72)45(98-57)52(79)64-34-30(76)14-15-31(34)77)40(87-23(6)69)35(62-19(2)65)54(85-18)97-38-33(17-84-56-46(92-28(11)74)42(89-25(8)71)39(86-22(5)68)32(95-56)16-83-21(4)67)94-55(36(63-20(3)66)41(38)88-24(7)70)99-48-49(101-58(61)81)59(13,82)50(51(60)78)100-53(48)80/h18,32-33,35-50,53-57,76,80,82H,14-17H2,1-13H3,(H2,60,78)(H2,61,81)(H,62,65)(H,63,66)(H,64,79)/t18-,32-,33-,35-,36-,37-,38-,39-,40-,41-,42+,43-,44+,45+,46-,47-,48-,49-,50-,53+,54+,55+,56-,57-,59+/m1/s1. The van der Waals surface area contributed by atoms with Crippen molar-refractivity contribution in [2.75, 3.05) is 13.2 Å². The van der Waals surface area contributed by atoms with Gasteiger partial charge in [-0.3, -0.25) is 67.1 Å². The Labute approximate surface area is 572 Å². The van der Waals surface area contributed by atoms with E-state index in [1.165, 1.54) is 6.92 Å². The number of aliphatic hydroxyl groups is 3. The van der Waals surface area contributed by atoms with E-state index in [9.17, 15) is 87.2 Å². The van der Waals surface area contributed by atoms with Crippen molar-refractivity contribution in [3.63, 3.8) is 0 Å². The third-order valence-electron chi connectivity index (χ3n) is 15.5. The lowest BCUT2D eigenvalue weighted by atomic mass is 9.85. The third-order valence-corrected chi connectivity index (χ3v) is 15.5. The van der Waals surface area contributed by atoms with Gasteiger partial charge in [-0.2, -0.15) is 0 Å². The number of esters is 9. The smallest absolute Gasteiger partial charge is 0.404 e. The van der Waals surface area contributed by atoms with Gasteiger partial charge in [0, 0.05) is 89.0 Å². The molecule has 0 aromatic rings. The fourth-order valence-corrected chi connectivity index (χ4v) is 11.9. The van der Waals surface area contributed by atoms with Gasteiger partial charge in [0.05, 0.1) is 12.7 Å². The van der Waals surface area contributed by atoms with Gasteiger partial charge in [-0.25, -0.2) is 4.79 Å². The normalized spacial score (nSPS) is 35.3. The summed E-state index contributed by atoms with van der Waals surface area (Å²) in [7, 11) is 0. The number of amides is 5. The maximum atomic E-state index is 14.3. The molecule has 0 aromatic carbocycles. The zero-order valence-corrected chi connectivity index (χ0v) is 56.6. The third kappa shape index (κ3) is 20.9. The Kier molecular flexibility index (Phi) is 27.9. The van der Waals surface area contributed by atoms with E-state index in [1.54, 1.807) is 0 Å². The van der Waals surface area contributed by atoms with E-state index in [4.69, 9.17) is 101 Å². The van der Waals surface area contributed by atoms with Crippen LogP contribution in [0.25, 0.3) is 0 Å². The van der Waals surface area contributed by atoms with Crippen LogP contribution in [0.5, 0.6) is 0 Å². The molecule has 0 aromatic heterocycles. The van der Waals surface area contributed by atoms with Gasteiger partial charge in [-0.15, -0.1) is 0 Å². The molecule has 0 bridgehead atoms. The van der Waals surface area contributed by atoms with Gasteiger partial charge in [0.25, 0.3) is 5.91 Å². The minimum absolute atomic E-state index is 0.199. The predicted octanol–water partition coefficient (Wildman–Crippen LogP) is -5.23. The van der Waals surface area contributed by atoms with E-state index in [0.717, 1.165) is 83.1 Å². The average molecular weight is 1450 g/mol. The van der Waals surface area contributed by atoms with Crippen molar-refractivity contribution >= 4 is 89.2 Å². The summed E-state index contributed by atoms with van der Waals surface area (Å²) in [6, 6.07) is -3.99. The maximum Gasteiger partial charge on any atom is 0.404 e. The van der Waals surface area contributed by atoms with Crippen LogP contribution in [0.2, 0.25) is 0 Å². The summed E-state index contributed by atoms with van der Waals surface area (Å²) in [6.45, 7) is 10.2. The molecule has 5 amide bonds. The van der Waals surface area contributed by atoms with Crippen LogP contribution < -0.4 is 27.4 Å². The molecule has 0 spiro atoms. The van der Waals surface area contributed by atoms with Crippen molar-refractivity contribution in [2.24, 2.45) is 11.5 Å². The zero-order chi connectivity index (χ0) is 75.6. The number of nitrogens with one attached hydrogen (secondary N) is 3. The number of allylic oxidation sites excluding steroid dienone is 2. The highest BCUT2D eigenvalue weighted by Crippen LogP contribution is 2.41. The van der Waals surface area contributed by atoms with Crippen LogP contribution in [0.1, 0.15) is 103 Å². The first-order valence-corrected chi connectivity index (χ1v) is 30.9. The number of carbonyl (C=O) groups is 15. The lowest BCUT2D eigenvalue weighted by molar-refractivity contribution is -0.376. The van der Waals surface area contributed by atoms with Gasteiger partial charge in [-0.05, 0) is 13.8 Å². The first-order valence-electron chi connectivity index (χ1n) is 30.9. The Bertz CT molecular complexity index is 3200. The molecule has 5 heterocycles. The molecule has 5 fully saturated rings. The predicted molar refractivity (Wildman–Crippen MR) is 314 cm³/mol. The molecular weight excluding hydrogens is 1370 g/mol. The Hall–Kier alpha value is -8.85. The van der Waals surface area contributed by atoms with Gasteiger partial charge in [0.2, 0.25) is 17.7 Å². The molecule has 1 aliphatic carbocycles. The highest BCUT2D eigenvalue weighted by Gasteiger charge is 2.63. The van der Waals surface area contributed by atoms with Gasteiger partial charge in [0.15, 0.2) is 110 Å². The minimum Gasteiger partial charge on any atom is -0.510 e. The van der Waals surface area contributed by atoms with Crippen molar-refractivity contribution in [2.45, 2.75) is 256 Å². The van der Waals surface area contributed by atoms with Gasteiger partial charge in [0.1, 0.15) is 60.2 Å². The monoisotopic (exact) mass is 1450 g/mol. The SMILES string of the molecule is CC(=O)N[C@H]1[C@H](O[C@H]2[C@H](OC(C)=O)[C@@H](NC(C)=O)[C@H](O[C@@H]3[C@@H](OC(N)=O)[C@](C)(O)[C@@H](C(N)=O)O[C@@H]3O)O[C@@H]2CO[C@@H]2O[C@H](COC(C)=O)[C@@H](OC(C)=O)[C@H](OC(C)=O)[C@H]2OC(C)=O)O[C@H](C)[C@@H](O[C@@H]2O[C@H](C(=O)NC3=C(O)CCC3=O)[C@H](OC(C)=O)[C@H](OC(C)=O)[C@H]2OC(C)=O)[C@@H]1OC(C)=O. The molecule has 42 heteroatoms. The Morgan fingerprint density at radius 2 is 0.911 bits per heavy atom. The number of ketones is 1. The maximum absolute atomic E-state index is 14.3. The molecule has 101 heavy (non-hydrogen) atoms. The summed E-state index contributed by atoms with van der Waals surface area (Å²) in [5.41, 5.74) is 7.54. The van der Waals surface area contributed by atoms with Crippen molar-refractivity contribution in [1.29, 1.82) is 0 Å². The van der Waals surface area contributed by atoms with Crippen LogP contribution in [-0.4, -0.2) is 271 Å². The lowest BCUT2D eigenvalue weighted by Gasteiger charge is -2.52. The summed E-state index contributed by atoms with van der Waals surface area (Å²) in [5, 5.41) is 41.0. The molecule has 25 atom stereocenters. The van der Waals surface area contributed by atoms with E-state index >= 15 is 0 Å². The van der Waals surface area contributed by atoms with Crippen LogP contribution in [0.4, 0.5) is 4.79 Å². The fourth-order valence-electron chi connectivity index (χ4n) is 11.9. The summed E-state index contributed by atoms with van der Waals surface area (Å²) >= 11 is 0. The van der Waals surface area contributed by atoms with E-state index in [2.05, 4.69) is 16.0 Å². The van der Waals surface area contributed by atoms with Gasteiger partial charge in [-0.1, -0.05) is 0 Å². The number of carbonyl (C=O) groups excluding carboxylic acids is 15. The number of nitrogens with two attached hydrogens (primary N) is 2. The summed E-state index contributed by atoms with van der Waals surface area (Å²) in [5.74, 6) is -15.9. The quantitative estimate of drug-likeness (QED) is 0.0313. The molecule has 0 saturated carbocycles. The number of Topliss-reactive ketones (excluding diaryl/α,β-unsaturated/α-hetero) is 1. The number of aliphatic hydroxyl groups excluding tert-OH is 2. The number of ether oxygens (including phenoxy) is 19. The highest BCUT2D eigenvalue weighted by molar-refractivity contribution is 6.02. The van der Waals surface area contributed by atoms with E-state index in [-0.39, 0.29) is 12.8 Å². The van der Waals surface area contributed by atoms with Crippen LogP contribution in [0, 0.1) is 0 Å². The Morgan fingerprint density at radius 1 is 0.485 bits per heavy atom. The van der Waals surface area contributed by atoms with Crippen LogP contribution >= 0.6 is 0 Å². The van der Waals surface area contributed by atoms with Crippen LogP contribution in [0.3, 0.4) is 0 Å². The van der Waals surface area contributed by atoms with Crippen molar-refractivity contribution in [3.05, 3.63) is 11.5 Å². The van der Waals surface area contributed by atoms with Gasteiger partial charge < -0.3 is 133 Å². The number of hydrogen-bond acceptors (Lipinski definition) is 37. The molecule has 564 valence electrons. The van der Waals surface area contributed by atoms with Crippen molar-refractivity contribution in [3.8, 4) is 0 Å². The molecule has 6 aliphatic rings. The molecule has 42 nitrogen and oxygen atoms in total. The number of primary amides is 2. The highest BCUT2D eigenvalue weighted by atomic mass is 16.8. The minimum atomic E-state index is -2.76. The van der Waals surface area contributed by atoms with Crippen molar-refractivity contribution < 1.29 is 177 Å². The zero-order valence-electron chi connectivity index (χ0n) is 56.6. The summed E-state index contributed by atoms with van der Waals surface area (Å²) < 4.78 is 112. The van der Waals surface area contributed by atoms with Crippen molar-refractivity contribution in [1.82, 2.24) is 16.0 Å². The largest absolute Gasteiger partial charge is 0.510 e. The number of hydrogen-bond donors (Lipinski definition) is 8. The Balaban J connectivity index is 1.55. The second-order valence-corrected chi connectivity index (χ2v) is 23.8. The molecule has 10 N–H and O–H groups in total. The molecule has 5 aliphatic heterocycles. The second-order valence-electron chi connectivity index (χ2n) is 23.8. The van der Waals surface area contributed by atoms with Crippen LogP contribution in [-0.2, 0) is 157 Å².